The highest BCUT2D eigenvalue weighted by molar-refractivity contribution is 5.91. The first-order chi connectivity index (χ1) is 8.78. The Kier molecular flexibility index (Phi) is 3.59. The average molecular weight is 246 g/mol. The van der Waals surface area contributed by atoms with Gasteiger partial charge in [0.25, 0.3) is 0 Å². The van der Waals surface area contributed by atoms with Gasteiger partial charge in [0.2, 0.25) is 0 Å². The summed E-state index contributed by atoms with van der Waals surface area (Å²) >= 11 is 0. The van der Waals surface area contributed by atoms with E-state index in [1.54, 1.807) is 0 Å². The summed E-state index contributed by atoms with van der Waals surface area (Å²) in [4.78, 5) is 11.5. The molecule has 2 saturated carbocycles. The van der Waals surface area contributed by atoms with Gasteiger partial charge in [0, 0.05) is 6.42 Å². The monoisotopic (exact) mass is 246 g/mol. The minimum absolute atomic E-state index is 0.388. The van der Waals surface area contributed by atoms with E-state index < -0.39 is 0 Å². The number of hydrogen-bond donors (Lipinski definition) is 0. The molecule has 0 aromatic carbocycles. The zero-order chi connectivity index (χ0) is 12.5. The van der Waals surface area contributed by atoms with E-state index in [4.69, 9.17) is 0 Å². The van der Waals surface area contributed by atoms with E-state index in [2.05, 4.69) is 6.92 Å². The fraction of sp³-hybridized carbons (Fsp3) is 0.824. The number of carbonyl (C=O) groups is 1. The SMILES string of the molecule is CCCC1CC[C@H]2C(CCC3=CC(=O)CCC32)C1. The summed E-state index contributed by atoms with van der Waals surface area (Å²) in [5.41, 5.74) is 1.52. The van der Waals surface area contributed by atoms with Crippen LogP contribution in [-0.4, -0.2) is 5.78 Å². The van der Waals surface area contributed by atoms with Crippen LogP contribution in [0.1, 0.15) is 64.7 Å². The van der Waals surface area contributed by atoms with Crippen molar-refractivity contribution in [1.82, 2.24) is 0 Å². The van der Waals surface area contributed by atoms with Crippen molar-refractivity contribution in [2.24, 2.45) is 23.7 Å². The Labute approximate surface area is 111 Å². The van der Waals surface area contributed by atoms with Crippen LogP contribution < -0.4 is 0 Å². The van der Waals surface area contributed by atoms with Gasteiger partial charge < -0.3 is 0 Å². The fourth-order valence-corrected chi connectivity index (χ4v) is 4.88. The van der Waals surface area contributed by atoms with Crippen molar-refractivity contribution in [3.63, 3.8) is 0 Å². The minimum Gasteiger partial charge on any atom is -0.295 e. The molecule has 0 heterocycles. The van der Waals surface area contributed by atoms with Gasteiger partial charge in [-0.25, -0.2) is 0 Å². The first kappa shape index (κ1) is 12.4. The Morgan fingerprint density at radius 2 is 2.06 bits per heavy atom. The lowest BCUT2D eigenvalue weighted by Gasteiger charge is -2.46. The number of carbonyl (C=O) groups excluding carboxylic acids is 1. The highest BCUT2D eigenvalue weighted by Crippen LogP contribution is 2.50. The van der Waals surface area contributed by atoms with Crippen LogP contribution in [0.15, 0.2) is 11.6 Å². The van der Waals surface area contributed by atoms with Gasteiger partial charge in [-0.15, -0.1) is 0 Å². The second-order valence-electron chi connectivity index (χ2n) is 6.76. The van der Waals surface area contributed by atoms with Crippen LogP contribution in [0.25, 0.3) is 0 Å². The lowest BCUT2D eigenvalue weighted by atomic mass is 9.59. The summed E-state index contributed by atoms with van der Waals surface area (Å²) in [5, 5.41) is 0. The second kappa shape index (κ2) is 5.19. The molecule has 0 radical (unpaired) electrons. The molecule has 0 aromatic rings. The second-order valence-corrected chi connectivity index (χ2v) is 6.76. The smallest absolute Gasteiger partial charge is 0.155 e. The molecule has 0 spiro atoms. The Morgan fingerprint density at radius 3 is 2.89 bits per heavy atom. The summed E-state index contributed by atoms with van der Waals surface area (Å²) in [6.45, 7) is 2.32. The van der Waals surface area contributed by atoms with Gasteiger partial charge in [-0.1, -0.05) is 31.8 Å². The van der Waals surface area contributed by atoms with Crippen molar-refractivity contribution in [1.29, 1.82) is 0 Å². The zero-order valence-electron chi connectivity index (χ0n) is 11.7. The fourth-order valence-electron chi connectivity index (χ4n) is 4.88. The highest BCUT2D eigenvalue weighted by atomic mass is 16.1. The molecule has 100 valence electrons. The molecule has 0 bridgehead atoms. The van der Waals surface area contributed by atoms with Crippen LogP contribution in [0.5, 0.6) is 0 Å². The van der Waals surface area contributed by atoms with Crippen molar-refractivity contribution >= 4 is 5.78 Å². The largest absolute Gasteiger partial charge is 0.295 e. The van der Waals surface area contributed by atoms with E-state index in [0.29, 0.717) is 5.78 Å². The number of fused-ring (bicyclic) bond motifs is 3. The van der Waals surface area contributed by atoms with E-state index in [1.165, 1.54) is 50.5 Å². The molecule has 2 fully saturated rings. The minimum atomic E-state index is 0.388. The van der Waals surface area contributed by atoms with Crippen LogP contribution in [0.3, 0.4) is 0 Å². The van der Waals surface area contributed by atoms with Crippen LogP contribution in [0, 0.1) is 23.7 Å². The average Bonchev–Trinajstić information content (AvgIpc) is 2.38. The molecule has 0 aromatic heterocycles. The molecule has 0 aliphatic heterocycles. The van der Waals surface area contributed by atoms with Crippen molar-refractivity contribution < 1.29 is 4.79 Å². The number of allylic oxidation sites excluding steroid dienone is 2. The van der Waals surface area contributed by atoms with E-state index in [0.717, 1.165) is 36.5 Å². The highest BCUT2D eigenvalue weighted by Gasteiger charge is 2.40. The Morgan fingerprint density at radius 1 is 1.17 bits per heavy atom. The van der Waals surface area contributed by atoms with Gasteiger partial charge in [0.1, 0.15) is 0 Å². The van der Waals surface area contributed by atoms with Gasteiger partial charge >= 0.3 is 0 Å². The molecular weight excluding hydrogens is 220 g/mol. The molecule has 18 heavy (non-hydrogen) atoms. The van der Waals surface area contributed by atoms with Gasteiger partial charge in [-0.3, -0.25) is 4.79 Å². The number of hydrogen-bond acceptors (Lipinski definition) is 1. The van der Waals surface area contributed by atoms with Gasteiger partial charge in [-0.05, 0) is 61.9 Å². The molecule has 3 aliphatic rings. The molecule has 0 saturated heterocycles. The van der Waals surface area contributed by atoms with Crippen molar-refractivity contribution in [2.45, 2.75) is 64.7 Å². The maximum atomic E-state index is 11.5. The molecule has 1 heteroatoms. The Balaban J connectivity index is 1.70. The van der Waals surface area contributed by atoms with E-state index >= 15 is 0 Å². The maximum Gasteiger partial charge on any atom is 0.155 e. The summed E-state index contributed by atoms with van der Waals surface area (Å²) in [7, 11) is 0. The molecule has 1 nitrogen and oxygen atoms in total. The maximum absolute atomic E-state index is 11.5. The van der Waals surface area contributed by atoms with Crippen molar-refractivity contribution in [3.8, 4) is 0 Å². The van der Waals surface area contributed by atoms with Crippen molar-refractivity contribution in [2.75, 3.05) is 0 Å². The van der Waals surface area contributed by atoms with Crippen LogP contribution in [-0.2, 0) is 4.79 Å². The Bertz CT molecular complexity index is 355. The third-order valence-corrected chi connectivity index (χ3v) is 5.69. The summed E-state index contributed by atoms with van der Waals surface area (Å²) in [6, 6.07) is 0. The summed E-state index contributed by atoms with van der Waals surface area (Å²) in [6.07, 6.45) is 13.7. The molecule has 3 unspecified atom stereocenters. The summed E-state index contributed by atoms with van der Waals surface area (Å²) in [5.74, 6) is 4.08. The van der Waals surface area contributed by atoms with Gasteiger partial charge in [-0.2, -0.15) is 0 Å². The standard InChI is InChI=1S/C17H26O/c1-2-3-12-4-8-16-13(10-12)5-6-14-11-15(18)7-9-17(14)16/h11-13,16-17H,2-10H2,1H3/t12?,13?,16-,17?/m0/s1. The van der Waals surface area contributed by atoms with E-state index in [9.17, 15) is 4.79 Å². The zero-order valence-corrected chi connectivity index (χ0v) is 11.7. The first-order valence-electron chi connectivity index (χ1n) is 8.01. The van der Waals surface area contributed by atoms with Crippen molar-refractivity contribution in [3.05, 3.63) is 11.6 Å². The topological polar surface area (TPSA) is 17.1 Å². The molecular formula is C17H26O. The lowest BCUT2D eigenvalue weighted by molar-refractivity contribution is -0.115. The third-order valence-electron chi connectivity index (χ3n) is 5.69. The molecule has 3 aliphatic carbocycles. The predicted octanol–water partition coefficient (Wildman–Crippen LogP) is 4.52. The molecule has 0 N–H and O–H groups in total. The van der Waals surface area contributed by atoms with Crippen LogP contribution >= 0.6 is 0 Å². The van der Waals surface area contributed by atoms with Crippen LogP contribution in [0.2, 0.25) is 0 Å². The Hall–Kier alpha value is -0.590. The molecule has 0 amide bonds. The quantitative estimate of drug-likeness (QED) is 0.700. The summed E-state index contributed by atoms with van der Waals surface area (Å²) < 4.78 is 0. The van der Waals surface area contributed by atoms with Gasteiger partial charge in [0.05, 0.1) is 0 Å². The number of rotatable bonds is 2. The first-order valence-corrected chi connectivity index (χ1v) is 8.01. The number of ketones is 1. The molecule has 4 atom stereocenters. The normalized spacial score (nSPS) is 39.8. The molecule has 3 rings (SSSR count). The third kappa shape index (κ3) is 2.29. The van der Waals surface area contributed by atoms with E-state index in [-0.39, 0.29) is 0 Å². The van der Waals surface area contributed by atoms with E-state index in [1.807, 2.05) is 6.08 Å². The van der Waals surface area contributed by atoms with Gasteiger partial charge in [0.15, 0.2) is 5.78 Å². The predicted molar refractivity (Wildman–Crippen MR) is 74.3 cm³/mol. The van der Waals surface area contributed by atoms with Crippen LogP contribution in [0.4, 0.5) is 0 Å². The lowest BCUT2D eigenvalue weighted by Crippen LogP contribution is -2.36.